The Bertz CT molecular complexity index is 308. The molecule has 0 amide bonds. The molecule has 0 heterocycles. The van der Waals surface area contributed by atoms with Crippen LogP contribution in [0, 0.1) is 0 Å². The molecule has 0 saturated heterocycles. The third-order valence-corrected chi connectivity index (χ3v) is 4.96. The topological polar surface area (TPSA) is 0 Å². The zero-order valence-corrected chi connectivity index (χ0v) is 14.6. The highest BCUT2D eigenvalue weighted by molar-refractivity contribution is 9.10. The summed E-state index contributed by atoms with van der Waals surface area (Å²) in [6, 6.07) is 8.64. The maximum absolute atomic E-state index is 3.47. The first-order valence-electron chi connectivity index (χ1n) is 7.71. The van der Waals surface area contributed by atoms with Crippen molar-refractivity contribution in [1.82, 2.24) is 0 Å². The Labute approximate surface area is 131 Å². The second-order valence-corrected chi connectivity index (χ2v) is 7.21. The zero-order chi connectivity index (χ0) is 13.8. The number of hydrogen-bond donors (Lipinski definition) is 0. The predicted molar refractivity (Wildman–Crippen MR) is 92.1 cm³/mol. The average molecular weight is 343 g/mol. The molecular formula is C17H27BrS. The van der Waals surface area contributed by atoms with Crippen LogP contribution >= 0.6 is 27.7 Å². The lowest BCUT2D eigenvalue weighted by Crippen LogP contribution is -1.83. The number of unbranched alkanes of at least 4 members (excludes halogenated alkanes) is 8. The van der Waals surface area contributed by atoms with Gasteiger partial charge in [-0.3, -0.25) is 0 Å². The van der Waals surface area contributed by atoms with Gasteiger partial charge in [0, 0.05) is 9.37 Å². The van der Waals surface area contributed by atoms with Crippen LogP contribution in [0.5, 0.6) is 0 Å². The monoisotopic (exact) mass is 342 g/mol. The van der Waals surface area contributed by atoms with Crippen molar-refractivity contribution in [3.05, 3.63) is 28.7 Å². The van der Waals surface area contributed by atoms with Gasteiger partial charge in [-0.05, 0) is 36.4 Å². The van der Waals surface area contributed by atoms with Crippen molar-refractivity contribution in [2.24, 2.45) is 0 Å². The fourth-order valence-electron chi connectivity index (χ4n) is 2.13. The molecule has 1 aromatic carbocycles. The average Bonchev–Trinajstić information content (AvgIpc) is 2.43. The molecule has 0 aliphatic carbocycles. The van der Waals surface area contributed by atoms with E-state index in [0.717, 1.165) is 0 Å². The normalized spacial score (nSPS) is 10.8. The van der Waals surface area contributed by atoms with Crippen LogP contribution in [0.25, 0.3) is 0 Å². The lowest BCUT2D eigenvalue weighted by molar-refractivity contribution is 0.573. The molecule has 0 aliphatic heterocycles. The summed E-state index contributed by atoms with van der Waals surface area (Å²) in [5.41, 5.74) is 0. The first-order chi connectivity index (χ1) is 9.33. The Hall–Kier alpha value is 0.0500. The van der Waals surface area contributed by atoms with Crippen molar-refractivity contribution in [3.63, 3.8) is 0 Å². The first kappa shape index (κ1) is 17.1. The molecule has 1 rings (SSSR count). The van der Waals surface area contributed by atoms with E-state index < -0.39 is 0 Å². The van der Waals surface area contributed by atoms with Gasteiger partial charge in [0.05, 0.1) is 0 Å². The number of halogens is 1. The van der Waals surface area contributed by atoms with Crippen LogP contribution in [0.4, 0.5) is 0 Å². The molecular weight excluding hydrogens is 316 g/mol. The van der Waals surface area contributed by atoms with Gasteiger partial charge in [0.1, 0.15) is 0 Å². The highest BCUT2D eigenvalue weighted by atomic mass is 79.9. The molecule has 108 valence electrons. The van der Waals surface area contributed by atoms with Gasteiger partial charge in [-0.25, -0.2) is 0 Å². The highest BCUT2D eigenvalue weighted by Gasteiger charge is 1.95. The molecule has 0 unspecified atom stereocenters. The van der Waals surface area contributed by atoms with Crippen LogP contribution in [0.1, 0.15) is 64.7 Å². The van der Waals surface area contributed by atoms with Gasteiger partial charge < -0.3 is 0 Å². The molecule has 0 nitrogen and oxygen atoms in total. The second-order valence-electron chi connectivity index (χ2n) is 5.13. The Balaban J connectivity index is 1.87. The molecule has 0 radical (unpaired) electrons. The minimum absolute atomic E-state index is 1.17. The number of thioether (sulfide) groups is 1. The van der Waals surface area contributed by atoms with Crippen LogP contribution in [-0.2, 0) is 0 Å². The summed E-state index contributed by atoms with van der Waals surface area (Å²) < 4.78 is 1.17. The first-order valence-corrected chi connectivity index (χ1v) is 9.49. The molecule has 0 aromatic heterocycles. The number of rotatable bonds is 11. The van der Waals surface area contributed by atoms with E-state index in [4.69, 9.17) is 0 Å². The van der Waals surface area contributed by atoms with Gasteiger partial charge in [-0.2, -0.15) is 0 Å². The second kappa shape index (κ2) is 11.8. The Morgan fingerprint density at radius 1 is 0.789 bits per heavy atom. The minimum atomic E-state index is 1.17. The Morgan fingerprint density at radius 2 is 1.32 bits per heavy atom. The lowest BCUT2D eigenvalue weighted by Gasteiger charge is -2.03. The molecule has 0 fully saturated rings. The summed E-state index contributed by atoms with van der Waals surface area (Å²) in [4.78, 5) is 1.39. The largest absolute Gasteiger partial charge is 0.126 e. The van der Waals surface area contributed by atoms with E-state index in [9.17, 15) is 0 Å². The van der Waals surface area contributed by atoms with Crippen LogP contribution < -0.4 is 0 Å². The molecule has 2 heteroatoms. The van der Waals surface area contributed by atoms with Crippen molar-refractivity contribution in [2.45, 2.75) is 69.6 Å². The maximum Gasteiger partial charge on any atom is 0.0176 e. The van der Waals surface area contributed by atoms with E-state index in [1.807, 2.05) is 11.8 Å². The van der Waals surface area contributed by atoms with Gasteiger partial charge in [-0.1, -0.05) is 74.2 Å². The summed E-state index contributed by atoms with van der Waals surface area (Å²) in [5.74, 6) is 1.26. The van der Waals surface area contributed by atoms with E-state index >= 15 is 0 Å². The molecule has 0 saturated carbocycles. The van der Waals surface area contributed by atoms with E-state index in [2.05, 4.69) is 47.1 Å². The molecule has 19 heavy (non-hydrogen) atoms. The van der Waals surface area contributed by atoms with Gasteiger partial charge in [0.2, 0.25) is 0 Å². The van der Waals surface area contributed by atoms with Gasteiger partial charge >= 0.3 is 0 Å². The fraction of sp³-hybridized carbons (Fsp3) is 0.647. The van der Waals surface area contributed by atoms with Crippen LogP contribution in [0.3, 0.4) is 0 Å². The van der Waals surface area contributed by atoms with Crippen molar-refractivity contribution < 1.29 is 0 Å². The van der Waals surface area contributed by atoms with E-state index in [1.54, 1.807) is 0 Å². The van der Waals surface area contributed by atoms with Crippen LogP contribution in [0.15, 0.2) is 33.6 Å². The maximum atomic E-state index is 3.47. The molecule has 0 bridgehead atoms. The quantitative estimate of drug-likeness (QED) is 0.306. The van der Waals surface area contributed by atoms with Crippen LogP contribution in [0.2, 0.25) is 0 Å². The summed E-state index contributed by atoms with van der Waals surface area (Å²) in [5, 5.41) is 0. The molecule has 0 aliphatic rings. The lowest BCUT2D eigenvalue weighted by atomic mass is 10.1. The van der Waals surface area contributed by atoms with Gasteiger partial charge in [0.15, 0.2) is 0 Å². The van der Waals surface area contributed by atoms with Gasteiger partial charge in [-0.15, -0.1) is 11.8 Å². The summed E-state index contributed by atoms with van der Waals surface area (Å²) in [6.07, 6.45) is 12.7. The minimum Gasteiger partial charge on any atom is -0.126 e. The molecule has 0 N–H and O–H groups in total. The Morgan fingerprint density at radius 3 is 1.89 bits per heavy atom. The van der Waals surface area contributed by atoms with Crippen molar-refractivity contribution in [2.75, 3.05) is 5.75 Å². The Kier molecular flexibility index (Phi) is 10.7. The number of hydrogen-bond acceptors (Lipinski definition) is 1. The third-order valence-electron chi connectivity index (χ3n) is 3.33. The van der Waals surface area contributed by atoms with Crippen molar-refractivity contribution in [1.29, 1.82) is 0 Å². The third kappa shape index (κ3) is 9.56. The van der Waals surface area contributed by atoms with Crippen LogP contribution in [-0.4, -0.2) is 5.75 Å². The fourth-order valence-corrected chi connectivity index (χ4v) is 3.31. The standard InChI is InChI=1S/C17H27BrS/c1-2-3-4-5-6-7-8-9-10-15-19-17-13-11-16(18)12-14-17/h11-14H,2-10,15H2,1H3. The molecule has 1 aromatic rings. The zero-order valence-electron chi connectivity index (χ0n) is 12.2. The number of benzene rings is 1. The summed E-state index contributed by atoms with van der Waals surface area (Å²) in [6.45, 7) is 2.28. The smallest absolute Gasteiger partial charge is 0.0176 e. The SMILES string of the molecule is CCCCCCCCCCCSc1ccc(Br)cc1. The molecule has 0 spiro atoms. The van der Waals surface area contributed by atoms with Gasteiger partial charge in [0.25, 0.3) is 0 Å². The van der Waals surface area contributed by atoms with E-state index in [1.165, 1.54) is 72.9 Å². The van der Waals surface area contributed by atoms with E-state index in [0.29, 0.717) is 0 Å². The highest BCUT2D eigenvalue weighted by Crippen LogP contribution is 2.22. The summed E-state index contributed by atoms with van der Waals surface area (Å²) in [7, 11) is 0. The van der Waals surface area contributed by atoms with Crippen molar-refractivity contribution in [3.8, 4) is 0 Å². The van der Waals surface area contributed by atoms with E-state index in [-0.39, 0.29) is 0 Å². The summed E-state index contributed by atoms with van der Waals surface area (Å²) >= 11 is 5.45. The predicted octanol–water partition coefficient (Wildman–Crippen LogP) is 7.07. The van der Waals surface area contributed by atoms with Crippen molar-refractivity contribution >= 4 is 27.7 Å². The molecule has 0 atom stereocenters.